The maximum atomic E-state index is 12.7. The minimum atomic E-state index is -0.488. The van der Waals surface area contributed by atoms with Crippen molar-refractivity contribution in [1.29, 1.82) is 0 Å². The summed E-state index contributed by atoms with van der Waals surface area (Å²) in [5.41, 5.74) is 1.15. The summed E-state index contributed by atoms with van der Waals surface area (Å²) in [6.45, 7) is 4.84. The molecule has 6 heteroatoms. The topological polar surface area (TPSA) is 42.0 Å². The Hall–Kier alpha value is -2.34. The maximum Gasteiger partial charge on any atom is 0.263 e. The summed E-state index contributed by atoms with van der Waals surface area (Å²) >= 11 is 1.68. The highest BCUT2D eigenvalue weighted by molar-refractivity contribution is 7.98. The van der Waals surface area contributed by atoms with Crippen molar-refractivity contribution >= 4 is 23.4 Å². The van der Waals surface area contributed by atoms with E-state index in [1.165, 1.54) is 4.90 Å². The fraction of sp³-hybridized carbons (Fsp3) is 0.381. The molecule has 27 heavy (non-hydrogen) atoms. The number of hydrogen-bond donors (Lipinski definition) is 0. The van der Waals surface area contributed by atoms with Crippen LogP contribution in [0.2, 0.25) is 0 Å². The predicted octanol–water partition coefficient (Wildman–Crippen LogP) is 3.53. The molecular weight excluding hydrogens is 360 g/mol. The normalized spacial score (nSPS) is 15.4. The van der Waals surface area contributed by atoms with Gasteiger partial charge in [-0.2, -0.15) is 0 Å². The zero-order valence-electron chi connectivity index (χ0n) is 16.1. The lowest BCUT2D eigenvalue weighted by molar-refractivity contribution is -0.138. The van der Waals surface area contributed by atoms with E-state index in [0.29, 0.717) is 13.1 Å². The molecule has 3 rings (SSSR count). The van der Waals surface area contributed by atoms with Crippen LogP contribution in [0.5, 0.6) is 11.5 Å². The molecule has 0 aromatic heterocycles. The zero-order valence-corrected chi connectivity index (χ0v) is 16.9. The van der Waals surface area contributed by atoms with Crippen molar-refractivity contribution in [2.75, 3.05) is 44.4 Å². The molecular formula is C21H26N2O3S. The van der Waals surface area contributed by atoms with Crippen molar-refractivity contribution in [3.8, 4) is 11.5 Å². The molecule has 0 N–H and O–H groups in total. The van der Waals surface area contributed by atoms with Crippen molar-refractivity contribution in [3.63, 3.8) is 0 Å². The second-order valence-corrected chi connectivity index (χ2v) is 7.33. The maximum absolute atomic E-state index is 12.7. The molecule has 1 atom stereocenters. The van der Waals surface area contributed by atoms with Gasteiger partial charge in [0, 0.05) is 36.8 Å². The highest BCUT2D eigenvalue weighted by Crippen LogP contribution is 2.22. The highest BCUT2D eigenvalue weighted by atomic mass is 32.2. The van der Waals surface area contributed by atoms with E-state index in [1.54, 1.807) is 18.9 Å². The Balaban J connectivity index is 1.52. The molecule has 144 valence electrons. The van der Waals surface area contributed by atoms with Gasteiger partial charge in [0.15, 0.2) is 6.10 Å². The molecule has 0 aliphatic carbocycles. The summed E-state index contributed by atoms with van der Waals surface area (Å²) in [7, 11) is 1.67. The lowest BCUT2D eigenvalue weighted by Gasteiger charge is -2.37. The minimum absolute atomic E-state index is 0.0401. The molecule has 1 heterocycles. The lowest BCUT2D eigenvalue weighted by atomic mass is 10.2. The van der Waals surface area contributed by atoms with Crippen molar-refractivity contribution in [2.45, 2.75) is 17.9 Å². The number of ether oxygens (including phenoxy) is 2. The van der Waals surface area contributed by atoms with Crippen molar-refractivity contribution in [1.82, 2.24) is 4.90 Å². The number of rotatable bonds is 6. The zero-order chi connectivity index (χ0) is 19.2. The van der Waals surface area contributed by atoms with E-state index in [9.17, 15) is 4.79 Å². The van der Waals surface area contributed by atoms with Crippen LogP contribution >= 0.6 is 11.8 Å². The van der Waals surface area contributed by atoms with Crippen LogP contribution in [-0.2, 0) is 4.79 Å². The molecule has 1 saturated heterocycles. The summed E-state index contributed by atoms with van der Waals surface area (Å²) in [5, 5.41) is 0. The van der Waals surface area contributed by atoms with E-state index in [2.05, 4.69) is 17.0 Å². The van der Waals surface area contributed by atoms with Gasteiger partial charge < -0.3 is 19.3 Å². The second kappa shape index (κ2) is 9.04. The predicted molar refractivity (Wildman–Crippen MR) is 110 cm³/mol. The van der Waals surface area contributed by atoms with Crippen LogP contribution in [0, 0.1) is 0 Å². The van der Waals surface area contributed by atoms with Crippen LogP contribution in [0.1, 0.15) is 6.92 Å². The summed E-state index contributed by atoms with van der Waals surface area (Å²) in [6.07, 6.45) is 1.55. The summed E-state index contributed by atoms with van der Waals surface area (Å²) < 4.78 is 11.0. The lowest BCUT2D eigenvalue weighted by Crippen LogP contribution is -2.52. The Morgan fingerprint density at radius 1 is 0.963 bits per heavy atom. The van der Waals surface area contributed by atoms with Crippen molar-refractivity contribution < 1.29 is 14.3 Å². The highest BCUT2D eigenvalue weighted by Gasteiger charge is 2.26. The number of nitrogens with zero attached hydrogens (tertiary/aromatic N) is 2. The Morgan fingerprint density at radius 3 is 2.11 bits per heavy atom. The van der Waals surface area contributed by atoms with Crippen molar-refractivity contribution in [2.24, 2.45) is 0 Å². The van der Waals surface area contributed by atoms with Crippen LogP contribution in [0.4, 0.5) is 5.69 Å². The van der Waals surface area contributed by atoms with Gasteiger partial charge in [0.05, 0.1) is 7.11 Å². The van der Waals surface area contributed by atoms with Crippen LogP contribution in [-0.4, -0.2) is 56.5 Å². The summed E-state index contributed by atoms with van der Waals surface area (Å²) in [5.74, 6) is 1.62. The molecule has 0 bridgehead atoms. The first-order valence-corrected chi connectivity index (χ1v) is 10.3. The van der Waals surface area contributed by atoms with Gasteiger partial charge in [0.2, 0.25) is 0 Å². The van der Waals surface area contributed by atoms with E-state index >= 15 is 0 Å². The van der Waals surface area contributed by atoms with Gasteiger partial charge in [-0.25, -0.2) is 0 Å². The van der Waals surface area contributed by atoms with Gasteiger partial charge in [0.1, 0.15) is 11.5 Å². The standard InChI is InChI=1S/C21H26N2O3S/c1-16(26-19-8-10-20(27-3)11-9-19)21(24)23-14-12-22(13-15-23)17-4-6-18(25-2)7-5-17/h4-11,16H,12-15H2,1-3H3. The Kier molecular flexibility index (Phi) is 6.50. The quantitative estimate of drug-likeness (QED) is 0.711. The summed E-state index contributed by atoms with van der Waals surface area (Å²) in [4.78, 5) is 18.1. The van der Waals surface area contributed by atoms with Gasteiger partial charge in [-0.05, 0) is 61.7 Å². The molecule has 1 aliphatic rings. The number of piperazine rings is 1. The average molecular weight is 387 g/mol. The first kappa shape index (κ1) is 19.4. The van der Waals surface area contributed by atoms with E-state index in [4.69, 9.17) is 9.47 Å². The number of carbonyl (C=O) groups is 1. The molecule has 0 spiro atoms. The first-order chi connectivity index (χ1) is 13.1. The fourth-order valence-electron chi connectivity index (χ4n) is 3.14. The SMILES string of the molecule is COc1ccc(N2CCN(C(=O)C(C)Oc3ccc(SC)cc3)CC2)cc1. The Labute approximate surface area is 165 Å². The van der Waals surface area contributed by atoms with Gasteiger partial charge >= 0.3 is 0 Å². The second-order valence-electron chi connectivity index (χ2n) is 6.45. The average Bonchev–Trinajstić information content (AvgIpc) is 2.74. The van der Waals surface area contributed by atoms with Crippen molar-refractivity contribution in [3.05, 3.63) is 48.5 Å². The third kappa shape index (κ3) is 4.89. The molecule has 2 aromatic carbocycles. The molecule has 1 aliphatic heterocycles. The molecule has 1 amide bonds. The first-order valence-electron chi connectivity index (χ1n) is 9.09. The third-order valence-corrected chi connectivity index (χ3v) is 5.49. The van der Waals surface area contributed by atoms with Crippen LogP contribution < -0.4 is 14.4 Å². The van der Waals surface area contributed by atoms with Gasteiger partial charge in [-0.1, -0.05) is 0 Å². The fourth-order valence-corrected chi connectivity index (χ4v) is 3.55. The number of methoxy groups -OCH3 is 1. The monoisotopic (exact) mass is 386 g/mol. The Morgan fingerprint density at radius 2 is 1.56 bits per heavy atom. The molecule has 5 nitrogen and oxygen atoms in total. The van der Waals surface area contributed by atoms with Crippen LogP contribution in [0.3, 0.4) is 0 Å². The number of amides is 1. The molecule has 0 saturated carbocycles. The number of anilines is 1. The molecule has 1 unspecified atom stereocenters. The van der Waals surface area contributed by atoms with E-state index < -0.39 is 6.10 Å². The van der Waals surface area contributed by atoms with Gasteiger partial charge in [-0.3, -0.25) is 4.79 Å². The van der Waals surface area contributed by atoms with E-state index in [1.807, 2.05) is 54.5 Å². The van der Waals surface area contributed by atoms with E-state index in [-0.39, 0.29) is 5.91 Å². The molecule has 1 fully saturated rings. The van der Waals surface area contributed by atoms with Crippen LogP contribution in [0.15, 0.2) is 53.4 Å². The largest absolute Gasteiger partial charge is 0.497 e. The van der Waals surface area contributed by atoms with E-state index in [0.717, 1.165) is 30.3 Å². The molecule has 0 radical (unpaired) electrons. The van der Waals surface area contributed by atoms with Crippen LogP contribution in [0.25, 0.3) is 0 Å². The van der Waals surface area contributed by atoms with Gasteiger partial charge in [0.25, 0.3) is 5.91 Å². The number of carbonyl (C=O) groups excluding carboxylic acids is 1. The number of benzene rings is 2. The smallest absolute Gasteiger partial charge is 0.263 e. The van der Waals surface area contributed by atoms with Gasteiger partial charge in [-0.15, -0.1) is 11.8 Å². The third-order valence-electron chi connectivity index (χ3n) is 4.75. The number of thioether (sulfide) groups is 1. The summed E-state index contributed by atoms with van der Waals surface area (Å²) in [6, 6.07) is 15.9. The Bertz CT molecular complexity index is 741. The molecule has 2 aromatic rings. The number of hydrogen-bond acceptors (Lipinski definition) is 5. The minimum Gasteiger partial charge on any atom is -0.497 e.